The van der Waals surface area contributed by atoms with Crippen molar-refractivity contribution in [2.75, 3.05) is 19.5 Å². The standard InChI is InChI=1S/C23H21F3N2O4S/c1-28(33(30,31)17-6-4-3-5-7-17)20(15-8-10-16(32-2)11-9-15)14-21(29)27-19-13-12-18(24)22(25)23(19)26/h3-13,20H,14H2,1-2H3,(H,27,29)/t20-/m0/s1. The van der Waals surface area contributed by atoms with Crippen LogP contribution in [-0.2, 0) is 14.8 Å². The third-order valence-corrected chi connectivity index (χ3v) is 6.93. The molecule has 0 aliphatic heterocycles. The fourth-order valence-corrected chi connectivity index (χ4v) is 4.57. The molecule has 0 heterocycles. The first-order valence-corrected chi connectivity index (χ1v) is 11.2. The van der Waals surface area contributed by atoms with Gasteiger partial charge >= 0.3 is 0 Å². The molecule has 0 bridgehead atoms. The molecule has 1 amide bonds. The van der Waals surface area contributed by atoms with E-state index >= 15 is 0 Å². The van der Waals surface area contributed by atoms with Crippen molar-refractivity contribution in [3.05, 3.63) is 89.7 Å². The molecule has 0 aliphatic carbocycles. The summed E-state index contributed by atoms with van der Waals surface area (Å²) in [7, 11) is -1.21. The number of hydrogen-bond donors (Lipinski definition) is 1. The molecule has 6 nitrogen and oxygen atoms in total. The maximum absolute atomic E-state index is 14.0. The van der Waals surface area contributed by atoms with Gasteiger partial charge in [-0.1, -0.05) is 30.3 Å². The molecule has 0 saturated carbocycles. The number of methoxy groups -OCH3 is 1. The number of nitrogens with one attached hydrogen (secondary N) is 1. The number of sulfonamides is 1. The first-order valence-electron chi connectivity index (χ1n) is 9.75. The van der Waals surface area contributed by atoms with E-state index in [-0.39, 0.29) is 4.90 Å². The number of carbonyl (C=O) groups excluding carboxylic acids is 1. The zero-order valence-electron chi connectivity index (χ0n) is 17.8. The third-order valence-electron chi connectivity index (χ3n) is 5.05. The van der Waals surface area contributed by atoms with Crippen molar-refractivity contribution in [1.82, 2.24) is 4.31 Å². The number of ether oxygens (including phenoxy) is 1. The molecule has 0 aromatic heterocycles. The molecule has 3 rings (SSSR count). The number of rotatable bonds is 8. The van der Waals surface area contributed by atoms with E-state index in [1.165, 1.54) is 26.3 Å². The monoisotopic (exact) mass is 478 g/mol. The highest BCUT2D eigenvalue weighted by Gasteiger charge is 2.31. The molecule has 1 atom stereocenters. The lowest BCUT2D eigenvalue weighted by Crippen LogP contribution is -2.34. The van der Waals surface area contributed by atoms with Gasteiger partial charge in [-0.15, -0.1) is 0 Å². The summed E-state index contributed by atoms with van der Waals surface area (Å²) in [4.78, 5) is 12.7. The van der Waals surface area contributed by atoms with Crippen LogP contribution in [0.15, 0.2) is 71.6 Å². The molecule has 0 radical (unpaired) electrons. The lowest BCUT2D eigenvalue weighted by molar-refractivity contribution is -0.117. The Hall–Kier alpha value is -3.37. The van der Waals surface area contributed by atoms with Gasteiger partial charge in [-0.05, 0) is 42.0 Å². The fourth-order valence-electron chi connectivity index (χ4n) is 3.21. The van der Waals surface area contributed by atoms with Gasteiger partial charge in [0, 0.05) is 13.5 Å². The molecule has 0 aliphatic rings. The number of carbonyl (C=O) groups is 1. The van der Waals surface area contributed by atoms with E-state index in [9.17, 15) is 26.4 Å². The number of hydrogen-bond acceptors (Lipinski definition) is 4. The van der Waals surface area contributed by atoms with Crippen molar-refractivity contribution in [3.63, 3.8) is 0 Å². The van der Waals surface area contributed by atoms with E-state index in [4.69, 9.17) is 4.74 Å². The van der Waals surface area contributed by atoms with Crippen molar-refractivity contribution in [2.24, 2.45) is 0 Å². The highest BCUT2D eigenvalue weighted by molar-refractivity contribution is 7.89. The predicted molar refractivity (Wildman–Crippen MR) is 117 cm³/mol. The van der Waals surface area contributed by atoms with Crippen LogP contribution in [0.5, 0.6) is 5.75 Å². The largest absolute Gasteiger partial charge is 0.497 e. The van der Waals surface area contributed by atoms with Gasteiger partial charge in [0.2, 0.25) is 15.9 Å². The lowest BCUT2D eigenvalue weighted by atomic mass is 10.0. The summed E-state index contributed by atoms with van der Waals surface area (Å²) in [5, 5.41) is 2.18. The Bertz CT molecular complexity index is 1240. The van der Waals surface area contributed by atoms with Gasteiger partial charge in [0.15, 0.2) is 17.5 Å². The first kappa shape index (κ1) is 24.3. The highest BCUT2D eigenvalue weighted by atomic mass is 32.2. The maximum atomic E-state index is 14.0. The Morgan fingerprint density at radius 2 is 1.61 bits per heavy atom. The van der Waals surface area contributed by atoms with E-state index in [1.54, 1.807) is 42.5 Å². The summed E-state index contributed by atoms with van der Waals surface area (Å²) < 4.78 is 73.2. The van der Waals surface area contributed by atoms with E-state index in [0.717, 1.165) is 10.4 Å². The molecule has 3 aromatic rings. The molecule has 1 N–H and O–H groups in total. The van der Waals surface area contributed by atoms with Crippen molar-refractivity contribution < 1.29 is 31.1 Å². The first-order chi connectivity index (χ1) is 15.6. The van der Waals surface area contributed by atoms with Crippen molar-refractivity contribution in [1.29, 1.82) is 0 Å². The highest BCUT2D eigenvalue weighted by Crippen LogP contribution is 2.31. The van der Waals surface area contributed by atoms with Crippen LogP contribution in [0.25, 0.3) is 0 Å². The SMILES string of the molecule is COc1ccc([C@H](CC(=O)Nc2ccc(F)c(F)c2F)N(C)S(=O)(=O)c2ccccc2)cc1. The van der Waals surface area contributed by atoms with E-state index in [1.807, 2.05) is 0 Å². The van der Waals surface area contributed by atoms with E-state index < -0.39 is 51.5 Å². The molecule has 174 valence electrons. The molecule has 3 aromatic carbocycles. The molecular formula is C23H21F3N2O4S. The number of anilines is 1. The Morgan fingerprint density at radius 1 is 0.970 bits per heavy atom. The van der Waals surface area contributed by atoms with Crippen LogP contribution in [0.1, 0.15) is 18.0 Å². The average Bonchev–Trinajstić information content (AvgIpc) is 2.83. The maximum Gasteiger partial charge on any atom is 0.243 e. The Morgan fingerprint density at radius 3 is 2.21 bits per heavy atom. The summed E-state index contributed by atoms with van der Waals surface area (Å²) >= 11 is 0. The minimum Gasteiger partial charge on any atom is -0.497 e. The summed E-state index contributed by atoms with van der Waals surface area (Å²) in [6.07, 6.45) is -0.423. The second-order valence-electron chi connectivity index (χ2n) is 7.10. The van der Waals surface area contributed by atoms with Crippen LogP contribution in [0.2, 0.25) is 0 Å². The van der Waals surface area contributed by atoms with Gasteiger partial charge in [0.25, 0.3) is 0 Å². The smallest absolute Gasteiger partial charge is 0.243 e. The minimum absolute atomic E-state index is 0.0260. The van der Waals surface area contributed by atoms with Crippen LogP contribution in [0.4, 0.5) is 18.9 Å². The number of halogens is 3. The van der Waals surface area contributed by atoms with Crippen LogP contribution in [0, 0.1) is 17.5 Å². The molecule has 33 heavy (non-hydrogen) atoms. The molecule has 0 unspecified atom stereocenters. The van der Waals surface area contributed by atoms with Gasteiger partial charge in [-0.2, -0.15) is 4.31 Å². The number of amides is 1. The van der Waals surface area contributed by atoms with Crippen molar-refractivity contribution in [2.45, 2.75) is 17.4 Å². The van der Waals surface area contributed by atoms with Crippen LogP contribution in [0.3, 0.4) is 0 Å². The van der Waals surface area contributed by atoms with E-state index in [0.29, 0.717) is 17.4 Å². The molecule has 0 fully saturated rings. The quantitative estimate of drug-likeness (QED) is 0.484. The molecule has 0 saturated heterocycles. The molecular weight excluding hydrogens is 457 g/mol. The second kappa shape index (κ2) is 10.1. The Labute approximate surface area is 189 Å². The lowest BCUT2D eigenvalue weighted by Gasteiger charge is -2.28. The van der Waals surface area contributed by atoms with Crippen LogP contribution >= 0.6 is 0 Å². The zero-order chi connectivity index (χ0) is 24.2. The summed E-state index contributed by atoms with van der Waals surface area (Å²) in [6, 6.07) is 14.7. The fraction of sp³-hybridized carbons (Fsp3) is 0.174. The van der Waals surface area contributed by atoms with Gasteiger partial charge < -0.3 is 10.1 Å². The van der Waals surface area contributed by atoms with Gasteiger partial charge in [0.05, 0.1) is 23.7 Å². The van der Waals surface area contributed by atoms with Crippen molar-refractivity contribution in [3.8, 4) is 5.75 Å². The summed E-state index contributed by atoms with van der Waals surface area (Å²) in [5.41, 5.74) is -0.0836. The Kier molecular flexibility index (Phi) is 7.39. The second-order valence-corrected chi connectivity index (χ2v) is 9.10. The van der Waals surface area contributed by atoms with Gasteiger partial charge in [0.1, 0.15) is 5.75 Å². The minimum atomic E-state index is -4.00. The zero-order valence-corrected chi connectivity index (χ0v) is 18.6. The molecule has 10 heteroatoms. The van der Waals surface area contributed by atoms with E-state index in [2.05, 4.69) is 5.32 Å². The Balaban J connectivity index is 1.93. The summed E-state index contributed by atoms with van der Waals surface area (Å²) in [5.74, 6) is -4.93. The average molecular weight is 478 g/mol. The third kappa shape index (κ3) is 5.35. The van der Waals surface area contributed by atoms with Crippen molar-refractivity contribution >= 4 is 21.6 Å². The number of benzene rings is 3. The van der Waals surface area contributed by atoms with Gasteiger partial charge in [-0.25, -0.2) is 21.6 Å². The molecule has 0 spiro atoms. The number of nitrogens with zero attached hydrogens (tertiary/aromatic N) is 1. The van der Waals surface area contributed by atoms with Crippen LogP contribution in [-0.4, -0.2) is 32.8 Å². The van der Waals surface area contributed by atoms with Gasteiger partial charge in [-0.3, -0.25) is 4.79 Å². The predicted octanol–water partition coefficient (Wildman–Crippen LogP) is 4.50. The van der Waals surface area contributed by atoms with Crippen LogP contribution < -0.4 is 10.1 Å². The normalized spacial score (nSPS) is 12.4. The summed E-state index contributed by atoms with van der Waals surface area (Å²) in [6.45, 7) is 0. The topological polar surface area (TPSA) is 75.7 Å².